The summed E-state index contributed by atoms with van der Waals surface area (Å²) < 4.78 is 0. The van der Waals surface area contributed by atoms with Crippen molar-refractivity contribution in [3.05, 3.63) is 130 Å². The molecule has 1 spiro atoms. The highest BCUT2D eigenvalue weighted by atomic mass is 35.5. The van der Waals surface area contributed by atoms with E-state index >= 15 is 0 Å². The van der Waals surface area contributed by atoms with E-state index in [-0.39, 0.29) is 23.2 Å². The Kier molecular flexibility index (Phi) is 5.51. The Morgan fingerprint density at radius 2 is 1.73 bits per heavy atom. The van der Waals surface area contributed by atoms with Gasteiger partial charge in [0.15, 0.2) is 11.6 Å². The zero-order valence-corrected chi connectivity index (χ0v) is 22.3. The smallest absolute Gasteiger partial charge is 0.238 e. The van der Waals surface area contributed by atoms with Crippen LogP contribution >= 0.6 is 11.6 Å². The van der Waals surface area contributed by atoms with Crippen molar-refractivity contribution in [1.82, 2.24) is 4.98 Å². The van der Waals surface area contributed by atoms with E-state index in [4.69, 9.17) is 11.6 Å². The predicted molar refractivity (Wildman–Crippen MR) is 155 cm³/mol. The minimum atomic E-state index is -1.36. The molecule has 1 N–H and O–H groups in total. The molecule has 1 amide bonds. The number of carbonyl (C=O) groups excluding carboxylic acids is 3. The summed E-state index contributed by atoms with van der Waals surface area (Å²) in [7, 11) is 0. The summed E-state index contributed by atoms with van der Waals surface area (Å²) in [4.78, 5) is 49.8. The summed E-state index contributed by atoms with van der Waals surface area (Å²) in [5, 5.41) is 3.54. The molecule has 4 aromatic rings. The first-order valence-electron chi connectivity index (χ1n) is 13.1. The fourth-order valence-corrected chi connectivity index (χ4v) is 6.88. The third kappa shape index (κ3) is 3.36. The van der Waals surface area contributed by atoms with Gasteiger partial charge in [-0.15, -0.1) is 0 Å². The lowest BCUT2D eigenvalue weighted by Gasteiger charge is -2.37. The van der Waals surface area contributed by atoms with Crippen LogP contribution in [0.5, 0.6) is 0 Å². The molecule has 0 aliphatic carbocycles. The van der Waals surface area contributed by atoms with Crippen LogP contribution in [0.2, 0.25) is 5.02 Å². The Morgan fingerprint density at radius 3 is 2.50 bits per heavy atom. The Balaban J connectivity index is 1.54. The number of anilines is 2. The van der Waals surface area contributed by atoms with Crippen molar-refractivity contribution in [3.8, 4) is 0 Å². The Morgan fingerprint density at radius 1 is 0.950 bits per heavy atom. The molecule has 1 aromatic heterocycles. The number of benzene rings is 3. The minimum Gasteiger partial charge on any atom is -0.352 e. The molecule has 7 heteroatoms. The number of fused-ring (bicyclic) bond motifs is 6. The summed E-state index contributed by atoms with van der Waals surface area (Å²) in [6.45, 7) is 2.01. The van der Waals surface area contributed by atoms with Gasteiger partial charge in [0.25, 0.3) is 0 Å². The maximum atomic E-state index is 14.6. The van der Waals surface area contributed by atoms with Crippen molar-refractivity contribution in [2.45, 2.75) is 24.4 Å². The number of para-hydroxylation sites is 1. The number of Topliss-reactive ketones (excluding diaryl/α,β-unsaturated/α-hetero) is 2. The monoisotopic (exact) mass is 545 g/mol. The molecule has 3 aliphatic rings. The minimum absolute atomic E-state index is 0.214. The zero-order chi connectivity index (χ0) is 27.6. The molecule has 40 heavy (non-hydrogen) atoms. The van der Waals surface area contributed by atoms with Gasteiger partial charge in [0.1, 0.15) is 17.2 Å². The van der Waals surface area contributed by atoms with Crippen LogP contribution in [-0.2, 0) is 10.2 Å². The van der Waals surface area contributed by atoms with E-state index in [9.17, 15) is 14.4 Å². The van der Waals surface area contributed by atoms with Gasteiger partial charge in [-0.25, -0.2) is 0 Å². The van der Waals surface area contributed by atoms with Gasteiger partial charge < -0.3 is 10.2 Å². The highest BCUT2D eigenvalue weighted by molar-refractivity contribution is 6.30. The van der Waals surface area contributed by atoms with E-state index in [2.05, 4.69) is 16.4 Å². The van der Waals surface area contributed by atoms with Crippen LogP contribution in [0.4, 0.5) is 11.4 Å². The Hall–Kier alpha value is -4.55. The summed E-state index contributed by atoms with van der Waals surface area (Å²) in [6, 6.07) is 23.7. The second-order valence-electron chi connectivity index (χ2n) is 10.5. The lowest BCUT2D eigenvalue weighted by atomic mass is 9.64. The first-order valence-corrected chi connectivity index (χ1v) is 13.5. The van der Waals surface area contributed by atoms with Gasteiger partial charge in [0.05, 0.1) is 12.0 Å². The van der Waals surface area contributed by atoms with Gasteiger partial charge in [0.2, 0.25) is 5.91 Å². The summed E-state index contributed by atoms with van der Waals surface area (Å²) in [6.07, 6.45) is 5.52. The van der Waals surface area contributed by atoms with Crippen molar-refractivity contribution in [2.75, 3.05) is 10.2 Å². The molecule has 4 atom stereocenters. The number of ketones is 2. The maximum absolute atomic E-state index is 14.6. The summed E-state index contributed by atoms with van der Waals surface area (Å²) in [5.74, 6) is -1.97. The van der Waals surface area contributed by atoms with Crippen molar-refractivity contribution in [3.63, 3.8) is 0 Å². The number of pyridine rings is 1. The highest BCUT2D eigenvalue weighted by Crippen LogP contribution is 2.58. The normalized spacial score (nSPS) is 23.9. The van der Waals surface area contributed by atoms with Crippen LogP contribution in [0, 0.1) is 12.8 Å². The number of amides is 1. The number of hydrogen-bond donors (Lipinski definition) is 1. The van der Waals surface area contributed by atoms with Crippen molar-refractivity contribution in [2.24, 2.45) is 5.92 Å². The van der Waals surface area contributed by atoms with Crippen molar-refractivity contribution in [1.29, 1.82) is 0 Å². The molecule has 0 radical (unpaired) electrons. The topological polar surface area (TPSA) is 79.4 Å². The third-order valence-electron chi connectivity index (χ3n) is 8.39. The molecule has 6 nitrogen and oxygen atoms in total. The molecule has 3 aromatic carbocycles. The average Bonchev–Trinajstić information content (AvgIpc) is 3.45. The fourth-order valence-electron chi connectivity index (χ4n) is 6.75. The van der Waals surface area contributed by atoms with E-state index in [1.54, 1.807) is 48.7 Å². The first-order chi connectivity index (χ1) is 19.4. The predicted octanol–water partition coefficient (Wildman–Crippen LogP) is 5.90. The van der Waals surface area contributed by atoms with E-state index < -0.39 is 23.4 Å². The molecular weight excluding hydrogens is 522 g/mol. The van der Waals surface area contributed by atoms with Crippen molar-refractivity contribution >= 4 is 46.5 Å². The van der Waals surface area contributed by atoms with Gasteiger partial charge in [-0.05, 0) is 72.6 Å². The molecular formula is C33H24ClN3O3. The Labute approximate surface area is 236 Å². The highest BCUT2D eigenvalue weighted by Gasteiger charge is 2.70. The average molecular weight is 546 g/mol. The van der Waals surface area contributed by atoms with E-state index in [0.29, 0.717) is 21.8 Å². The van der Waals surface area contributed by atoms with E-state index in [1.807, 2.05) is 60.4 Å². The van der Waals surface area contributed by atoms with Crippen LogP contribution in [0.1, 0.15) is 37.5 Å². The Bertz CT molecular complexity index is 1730. The molecule has 1 fully saturated rings. The lowest BCUT2D eigenvalue weighted by Crippen LogP contribution is -2.51. The number of hydrogen-bond acceptors (Lipinski definition) is 5. The number of aromatic nitrogens is 1. The lowest BCUT2D eigenvalue weighted by molar-refractivity contribution is -0.121. The standard InChI is InChI=1S/C33H24ClN3O3/c1-19-9-15-26-21(18-19)12-16-27-33(23-6-2-3-7-24(23)36-32(33)40)28(31(39)25-8-4-5-17-35-25)29(37(26)27)30(38)20-10-13-22(34)14-11-20/h2-18,27-29H,1H3,(H,36,40)/t27-,28-,29-,33+/m0/s1. The molecule has 7 rings (SSSR count). The van der Waals surface area contributed by atoms with Crippen LogP contribution in [-0.4, -0.2) is 34.5 Å². The quantitative estimate of drug-likeness (QED) is 0.323. The van der Waals surface area contributed by atoms with Crippen LogP contribution in [0.25, 0.3) is 6.08 Å². The number of halogens is 1. The fraction of sp³-hybridized carbons (Fsp3) is 0.152. The zero-order valence-electron chi connectivity index (χ0n) is 21.5. The molecule has 196 valence electrons. The molecule has 0 bridgehead atoms. The van der Waals surface area contributed by atoms with Crippen molar-refractivity contribution < 1.29 is 14.4 Å². The summed E-state index contributed by atoms with van der Waals surface area (Å²) >= 11 is 6.16. The van der Waals surface area contributed by atoms with Gasteiger partial charge >= 0.3 is 0 Å². The van der Waals surface area contributed by atoms with Crippen LogP contribution in [0.15, 0.2) is 97.2 Å². The number of rotatable bonds is 4. The molecule has 0 unspecified atom stereocenters. The third-order valence-corrected chi connectivity index (χ3v) is 8.64. The molecule has 4 heterocycles. The number of carbonyl (C=O) groups is 3. The van der Waals surface area contributed by atoms with Gasteiger partial charge in [-0.3, -0.25) is 19.4 Å². The van der Waals surface area contributed by atoms with Crippen LogP contribution < -0.4 is 10.2 Å². The van der Waals surface area contributed by atoms with E-state index in [0.717, 1.165) is 16.8 Å². The molecule has 0 saturated carbocycles. The molecule has 1 saturated heterocycles. The number of nitrogens with zero attached hydrogens (tertiary/aromatic N) is 2. The first kappa shape index (κ1) is 24.5. The van der Waals surface area contributed by atoms with Gasteiger partial charge in [0, 0.05) is 28.2 Å². The SMILES string of the molecule is Cc1ccc2c(c1)C=C[C@@H]1N2[C@H](C(=O)c2ccc(Cl)cc2)[C@@H](C(=O)c2ccccn2)[C@]12C(=O)Nc1ccccc12. The summed E-state index contributed by atoms with van der Waals surface area (Å²) in [5.41, 5.74) is 3.42. The molecule has 3 aliphatic heterocycles. The number of aryl methyl sites for hydroxylation is 1. The van der Waals surface area contributed by atoms with Gasteiger partial charge in [-0.2, -0.15) is 0 Å². The van der Waals surface area contributed by atoms with Crippen LogP contribution in [0.3, 0.4) is 0 Å². The largest absolute Gasteiger partial charge is 0.352 e. The number of nitrogens with one attached hydrogen (secondary N) is 1. The maximum Gasteiger partial charge on any atom is 0.238 e. The second kappa shape index (κ2) is 9.00. The second-order valence-corrected chi connectivity index (χ2v) is 11.0. The van der Waals surface area contributed by atoms with Gasteiger partial charge in [-0.1, -0.05) is 59.6 Å². The van der Waals surface area contributed by atoms with E-state index in [1.165, 1.54) is 0 Å².